The standard InChI is InChI=1S/C18H20O2/c1-3-5-6-10-14-17(20-18(19)11-4-2)15-16-12-8-7-9-13-16/h7-9,12-13,17H,3,5-6,15H2,1-2H3. The van der Waals surface area contributed by atoms with Crippen LogP contribution in [0.3, 0.4) is 0 Å². The molecule has 0 spiro atoms. The van der Waals surface area contributed by atoms with E-state index in [-0.39, 0.29) is 0 Å². The van der Waals surface area contributed by atoms with E-state index in [1.807, 2.05) is 30.3 Å². The van der Waals surface area contributed by atoms with Crippen LogP contribution >= 0.6 is 0 Å². The van der Waals surface area contributed by atoms with E-state index in [9.17, 15) is 4.79 Å². The van der Waals surface area contributed by atoms with Gasteiger partial charge in [0, 0.05) is 18.8 Å². The smallest absolute Gasteiger partial charge is 0.385 e. The van der Waals surface area contributed by atoms with Gasteiger partial charge in [0.05, 0.1) is 0 Å². The van der Waals surface area contributed by atoms with Crippen molar-refractivity contribution < 1.29 is 9.53 Å². The first-order valence-corrected chi connectivity index (χ1v) is 6.92. The molecule has 104 valence electrons. The Kier molecular flexibility index (Phi) is 7.70. The van der Waals surface area contributed by atoms with Gasteiger partial charge in [-0.25, -0.2) is 4.79 Å². The van der Waals surface area contributed by atoms with Gasteiger partial charge in [-0.15, -0.1) is 0 Å². The Morgan fingerprint density at radius 2 is 2.05 bits per heavy atom. The highest BCUT2D eigenvalue weighted by molar-refractivity contribution is 5.88. The minimum atomic E-state index is -0.516. The Hall–Kier alpha value is -2.19. The molecular weight excluding hydrogens is 248 g/mol. The van der Waals surface area contributed by atoms with Crippen molar-refractivity contribution in [2.75, 3.05) is 0 Å². The molecule has 0 aliphatic heterocycles. The molecule has 0 amide bonds. The molecule has 1 aromatic rings. The number of carbonyl (C=O) groups is 1. The van der Waals surface area contributed by atoms with Crippen molar-refractivity contribution in [3.8, 4) is 23.7 Å². The summed E-state index contributed by atoms with van der Waals surface area (Å²) < 4.78 is 5.29. The molecule has 0 aliphatic rings. The minimum absolute atomic E-state index is 0.428. The molecule has 0 bridgehead atoms. The van der Waals surface area contributed by atoms with Gasteiger partial charge in [-0.3, -0.25) is 0 Å². The van der Waals surface area contributed by atoms with E-state index in [1.165, 1.54) is 0 Å². The first kappa shape index (κ1) is 15.9. The maximum atomic E-state index is 11.5. The molecule has 0 saturated heterocycles. The van der Waals surface area contributed by atoms with Gasteiger partial charge in [-0.2, -0.15) is 0 Å². The third kappa shape index (κ3) is 6.66. The fourth-order valence-electron chi connectivity index (χ4n) is 1.66. The zero-order valence-electron chi connectivity index (χ0n) is 12.1. The van der Waals surface area contributed by atoms with Gasteiger partial charge < -0.3 is 4.74 Å². The number of esters is 1. The van der Waals surface area contributed by atoms with E-state index in [4.69, 9.17) is 4.74 Å². The number of hydrogen-bond acceptors (Lipinski definition) is 2. The van der Waals surface area contributed by atoms with E-state index in [0.717, 1.165) is 24.8 Å². The van der Waals surface area contributed by atoms with E-state index >= 15 is 0 Å². The second-order valence-corrected chi connectivity index (χ2v) is 4.38. The average Bonchev–Trinajstić information content (AvgIpc) is 2.45. The maximum absolute atomic E-state index is 11.5. The van der Waals surface area contributed by atoms with Crippen LogP contribution in [-0.2, 0) is 16.0 Å². The molecule has 20 heavy (non-hydrogen) atoms. The minimum Gasteiger partial charge on any atom is -0.439 e. The monoisotopic (exact) mass is 268 g/mol. The van der Waals surface area contributed by atoms with Gasteiger partial charge in [0.1, 0.15) is 0 Å². The summed E-state index contributed by atoms with van der Waals surface area (Å²) >= 11 is 0. The van der Waals surface area contributed by atoms with Gasteiger partial charge >= 0.3 is 5.97 Å². The molecule has 1 atom stereocenters. The largest absolute Gasteiger partial charge is 0.439 e. The van der Waals surface area contributed by atoms with Crippen LogP contribution in [0.2, 0.25) is 0 Å². The van der Waals surface area contributed by atoms with Crippen LogP contribution in [-0.4, -0.2) is 12.1 Å². The summed E-state index contributed by atoms with van der Waals surface area (Å²) in [4.78, 5) is 11.5. The van der Waals surface area contributed by atoms with Crippen molar-refractivity contribution in [3.05, 3.63) is 35.9 Å². The fraction of sp³-hybridized carbons (Fsp3) is 0.389. The molecule has 2 heteroatoms. The lowest BCUT2D eigenvalue weighted by atomic mass is 10.1. The summed E-state index contributed by atoms with van der Waals surface area (Å²) in [7, 11) is 0. The third-order valence-corrected chi connectivity index (χ3v) is 2.66. The average molecular weight is 268 g/mol. The molecule has 1 unspecified atom stereocenters. The third-order valence-electron chi connectivity index (χ3n) is 2.66. The number of carbonyl (C=O) groups excluding carboxylic acids is 1. The van der Waals surface area contributed by atoms with E-state index in [0.29, 0.717) is 6.42 Å². The molecule has 0 aromatic heterocycles. The van der Waals surface area contributed by atoms with Crippen molar-refractivity contribution in [2.24, 2.45) is 0 Å². The van der Waals surface area contributed by atoms with Crippen LogP contribution in [0.25, 0.3) is 0 Å². The molecule has 0 saturated carbocycles. The highest BCUT2D eigenvalue weighted by atomic mass is 16.5. The lowest BCUT2D eigenvalue weighted by Gasteiger charge is -2.10. The second kappa shape index (κ2) is 9.70. The van der Waals surface area contributed by atoms with Crippen molar-refractivity contribution in [3.63, 3.8) is 0 Å². The summed E-state index contributed by atoms with van der Waals surface area (Å²) in [6.07, 6.45) is 3.17. The molecule has 0 heterocycles. The van der Waals surface area contributed by atoms with Gasteiger partial charge in [-0.1, -0.05) is 61.4 Å². The van der Waals surface area contributed by atoms with Crippen LogP contribution < -0.4 is 0 Å². The van der Waals surface area contributed by atoms with Gasteiger partial charge in [0.25, 0.3) is 0 Å². The molecule has 0 N–H and O–H groups in total. The SMILES string of the molecule is CC#CC(=O)OC(C#CCCCC)Cc1ccccc1. The van der Waals surface area contributed by atoms with Crippen LogP contribution in [0, 0.1) is 23.7 Å². The van der Waals surface area contributed by atoms with Gasteiger partial charge in [0.2, 0.25) is 0 Å². The van der Waals surface area contributed by atoms with Crippen LogP contribution in [0.4, 0.5) is 0 Å². The number of ether oxygens (including phenoxy) is 1. The molecule has 0 aliphatic carbocycles. The number of hydrogen-bond donors (Lipinski definition) is 0. The Labute approximate surface area is 121 Å². The maximum Gasteiger partial charge on any atom is 0.385 e. The topological polar surface area (TPSA) is 26.3 Å². The highest BCUT2D eigenvalue weighted by Crippen LogP contribution is 2.06. The summed E-state index contributed by atoms with van der Waals surface area (Å²) in [6, 6.07) is 9.88. The quantitative estimate of drug-likeness (QED) is 0.354. The highest BCUT2D eigenvalue weighted by Gasteiger charge is 2.10. The summed E-state index contributed by atoms with van der Waals surface area (Å²) in [6.45, 7) is 3.74. The van der Waals surface area contributed by atoms with Crippen molar-refractivity contribution >= 4 is 5.97 Å². The van der Waals surface area contributed by atoms with Crippen LogP contribution in [0.5, 0.6) is 0 Å². The number of rotatable bonds is 5. The summed E-state index contributed by atoms with van der Waals surface area (Å²) in [5.41, 5.74) is 1.10. The Bertz CT molecular complexity index is 523. The predicted octanol–water partition coefficient (Wildman–Crippen LogP) is 3.36. The van der Waals surface area contributed by atoms with E-state index in [1.54, 1.807) is 6.92 Å². The summed E-state index contributed by atoms with van der Waals surface area (Å²) in [5, 5.41) is 0. The molecular formula is C18H20O2. The van der Waals surface area contributed by atoms with E-state index in [2.05, 4.69) is 30.6 Å². The first-order valence-electron chi connectivity index (χ1n) is 6.92. The molecule has 1 rings (SSSR count). The van der Waals surface area contributed by atoms with Gasteiger partial charge in [-0.05, 0) is 18.9 Å². The molecule has 1 aromatic carbocycles. The Balaban J connectivity index is 2.68. The zero-order valence-corrected chi connectivity index (χ0v) is 12.1. The normalized spacial score (nSPS) is 10.5. The predicted molar refractivity (Wildman–Crippen MR) is 80.8 cm³/mol. The first-order chi connectivity index (χ1) is 9.76. The fourth-order valence-corrected chi connectivity index (χ4v) is 1.66. The van der Waals surface area contributed by atoms with Crippen LogP contribution in [0.1, 0.15) is 38.7 Å². The Morgan fingerprint density at radius 3 is 2.70 bits per heavy atom. The Morgan fingerprint density at radius 1 is 1.30 bits per heavy atom. The molecule has 0 radical (unpaired) electrons. The van der Waals surface area contributed by atoms with Gasteiger partial charge in [0.15, 0.2) is 6.10 Å². The summed E-state index contributed by atoms with van der Waals surface area (Å²) in [5.74, 6) is 10.5. The second-order valence-electron chi connectivity index (χ2n) is 4.38. The molecule has 2 nitrogen and oxygen atoms in total. The van der Waals surface area contributed by atoms with E-state index < -0.39 is 12.1 Å². The van der Waals surface area contributed by atoms with Crippen LogP contribution in [0.15, 0.2) is 30.3 Å². The zero-order chi connectivity index (χ0) is 14.6. The lowest BCUT2D eigenvalue weighted by molar-refractivity contribution is -0.139. The number of benzene rings is 1. The van der Waals surface area contributed by atoms with Crippen molar-refractivity contribution in [2.45, 2.75) is 45.6 Å². The van der Waals surface area contributed by atoms with Crippen molar-refractivity contribution in [1.82, 2.24) is 0 Å². The number of unbranched alkanes of at least 4 members (excludes halogenated alkanes) is 2. The lowest BCUT2D eigenvalue weighted by Crippen LogP contribution is -2.18. The van der Waals surface area contributed by atoms with Crippen molar-refractivity contribution in [1.29, 1.82) is 0 Å². The molecule has 0 fully saturated rings.